The number of pyridine rings is 1. The topological polar surface area (TPSA) is 87.7 Å². The van der Waals surface area contributed by atoms with E-state index in [1.54, 1.807) is 12.1 Å². The van der Waals surface area contributed by atoms with Gasteiger partial charge in [-0.15, -0.1) is 0 Å². The first kappa shape index (κ1) is 26.8. The number of nitrogens with one attached hydrogen (secondary N) is 1. The number of fused-ring (bicyclic) bond motifs is 3. The van der Waals surface area contributed by atoms with Crippen LogP contribution in [0.1, 0.15) is 63.8 Å². The van der Waals surface area contributed by atoms with Crippen LogP contribution in [0.4, 0.5) is 24.8 Å². The number of ether oxygens (including phenoxy) is 1. The molecular weight excluding hydrogens is 553 g/mol. The van der Waals surface area contributed by atoms with Crippen molar-refractivity contribution in [2.45, 2.75) is 63.5 Å². The highest BCUT2D eigenvalue weighted by Crippen LogP contribution is 2.56. The van der Waals surface area contributed by atoms with Gasteiger partial charge in [-0.3, -0.25) is 15.2 Å². The number of nitrogens with zero attached hydrogens (tertiary/aromatic N) is 4. The summed E-state index contributed by atoms with van der Waals surface area (Å²) in [5.74, 6) is -0.274. The first-order valence-corrected chi connectivity index (χ1v) is 15.2. The van der Waals surface area contributed by atoms with E-state index in [4.69, 9.17) is 9.72 Å². The Morgan fingerprint density at radius 1 is 1.10 bits per heavy atom. The molecule has 1 spiro atoms. The average Bonchev–Trinajstić information content (AvgIpc) is 3.26. The Hall–Kier alpha value is -4.05. The number of urea groups is 1. The Morgan fingerprint density at radius 3 is 2.62 bits per heavy atom. The van der Waals surface area contributed by atoms with E-state index in [0.29, 0.717) is 18.2 Å². The Bertz CT molecular complexity index is 1710. The summed E-state index contributed by atoms with van der Waals surface area (Å²) in [4.78, 5) is 39.6. The quantitative estimate of drug-likeness (QED) is 0.267. The lowest BCUT2D eigenvalue weighted by molar-refractivity contribution is 0.0636. The van der Waals surface area contributed by atoms with Gasteiger partial charge in [0, 0.05) is 30.3 Å². The van der Waals surface area contributed by atoms with Gasteiger partial charge in [-0.25, -0.2) is 19.0 Å². The zero-order valence-corrected chi connectivity index (χ0v) is 24.6. The molecule has 3 aliphatic rings. The molecule has 2 aromatic carbocycles. The van der Waals surface area contributed by atoms with E-state index in [9.17, 15) is 14.0 Å². The summed E-state index contributed by atoms with van der Waals surface area (Å²) in [5, 5.41) is 3.20. The monoisotopic (exact) mass is 585 g/mol. The number of carbonyl (C=O) groups is 2. The highest BCUT2D eigenvalue weighted by atomic mass is 32.1. The van der Waals surface area contributed by atoms with Crippen LogP contribution in [0.5, 0.6) is 0 Å². The van der Waals surface area contributed by atoms with Crippen molar-refractivity contribution in [3.8, 4) is 11.1 Å². The van der Waals surface area contributed by atoms with Crippen LogP contribution in [0.2, 0.25) is 0 Å². The molecule has 1 atom stereocenters. The lowest BCUT2D eigenvalue weighted by Gasteiger charge is -2.30. The molecule has 1 aliphatic carbocycles. The molecular formula is C32H32FN5O3S. The Morgan fingerprint density at radius 2 is 1.88 bits per heavy atom. The van der Waals surface area contributed by atoms with Gasteiger partial charge < -0.3 is 9.64 Å². The highest BCUT2D eigenvalue weighted by molar-refractivity contribution is 7.22. The Labute approximate surface area is 247 Å². The summed E-state index contributed by atoms with van der Waals surface area (Å²) in [5.41, 5.74) is 4.83. The van der Waals surface area contributed by atoms with Crippen LogP contribution < -0.4 is 10.2 Å². The molecule has 0 bridgehead atoms. The number of aromatic nitrogens is 2. The standard InChI is InChI=1S/C32H32FN5O3S/c1-31(2,3)41-29(39)36-28-35-23-11-8-20(16-26(23)42-28)21-15-25-27(34-17-21)32(12-13-32)18-38(25)30(40)37-14-4-5-24(37)19-6-9-22(33)10-7-19/h6-11,15-17,24H,4-5,12-14,18H2,1-3H3,(H,35,36,39)/t24-/m0/s1. The van der Waals surface area contributed by atoms with Crippen molar-refractivity contribution >= 4 is 44.5 Å². The maximum atomic E-state index is 14.1. The first-order chi connectivity index (χ1) is 20.1. The number of amides is 3. The molecule has 10 heteroatoms. The van der Waals surface area contributed by atoms with E-state index in [-0.39, 0.29) is 23.3 Å². The second-order valence-corrected chi connectivity index (χ2v) is 13.5. The maximum absolute atomic E-state index is 14.1. The number of hydrogen-bond donors (Lipinski definition) is 1. The van der Waals surface area contributed by atoms with Crippen molar-refractivity contribution in [3.05, 3.63) is 71.8 Å². The summed E-state index contributed by atoms with van der Waals surface area (Å²) in [6, 6.07) is 14.5. The van der Waals surface area contributed by atoms with Gasteiger partial charge in [0.25, 0.3) is 0 Å². The predicted molar refractivity (Wildman–Crippen MR) is 161 cm³/mol. The van der Waals surface area contributed by atoms with Gasteiger partial charge in [-0.1, -0.05) is 29.5 Å². The molecule has 4 aromatic rings. The summed E-state index contributed by atoms with van der Waals surface area (Å²) in [7, 11) is 0. The summed E-state index contributed by atoms with van der Waals surface area (Å²) in [6.07, 6.45) is 5.18. The zero-order valence-electron chi connectivity index (χ0n) is 23.8. The van der Waals surface area contributed by atoms with Gasteiger partial charge in [0.15, 0.2) is 5.13 Å². The lowest BCUT2D eigenvalue weighted by atomic mass is 10.0. The number of rotatable bonds is 3. The van der Waals surface area contributed by atoms with Gasteiger partial charge >= 0.3 is 12.1 Å². The van der Waals surface area contributed by atoms with Crippen LogP contribution in [0.25, 0.3) is 21.3 Å². The molecule has 1 saturated heterocycles. The molecule has 8 nitrogen and oxygen atoms in total. The minimum absolute atomic E-state index is 0.0124. The Balaban J connectivity index is 1.17. The molecule has 3 amide bonds. The average molecular weight is 586 g/mol. The van der Waals surface area contributed by atoms with Gasteiger partial charge in [-0.05, 0) is 87.9 Å². The van der Waals surface area contributed by atoms with Gasteiger partial charge in [-0.2, -0.15) is 0 Å². The molecule has 4 heterocycles. The smallest absolute Gasteiger partial charge is 0.413 e. The van der Waals surface area contributed by atoms with E-state index >= 15 is 0 Å². The molecule has 0 radical (unpaired) electrons. The number of carbonyl (C=O) groups excluding carboxylic acids is 2. The summed E-state index contributed by atoms with van der Waals surface area (Å²) < 4.78 is 19.9. The normalized spacial score (nSPS) is 18.9. The summed E-state index contributed by atoms with van der Waals surface area (Å²) in [6.45, 7) is 6.76. The molecule has 42 heavy (non-hydrogen) atoms. The van der Waals surface area contributed by atoms with Crippen molar-refractivity contribution in [3.63, 3.8) is 0 Å². The third-order valence-corrected chi connectivity index (χ3v) is 9.22. The number of anilines is 2. The fourth-order valence-electron chi connectivity index (χ4n) is 6.14. The molecule has 2 fully saturated rings. The minimum atomic E-state index is -0.598. The molecule has 2 aromatic heterocycles. The van der Waals surface area contributed by atoms with Crippen LogP contribution in [-0.4, -0.2) is 45.7 Å². The molecule has 1 saturated carbocycles. The second-order valence-electron chi connectivity index (χ2n) is 12.5. The highest BCUT2D eigenvalue weighted by Gasteiger charge is 2.55. The van der Waals surface area contributed by atoms with E-state index in [2.05, 4.69) is 16.4 Å². The molecule has 216 valence electrons. The zero-order chi connectivity index (χ0) is 29.2. The van der Waals surface area contributed by atoms with Gasteiger partial charge in [0.1, 0.15) is 11.4 Å². The fraction of sp³-hybridized carbons (Fsp3) is 0.375. The third kappa shape index (κ3) is 4.87. The van der Waals surface area contributed by atoms with Crippen molar-refractivity contribution in [1.29, 1.82) is 0 Å². The van der Waals surface area contributed by atoms with E-state index in [1.165, 1.54) is 23.5 Å². The minimum Gasteiger partial charge on any atom is -0.444 e. The SMILES string of the molecule is CC(C)(C)OC(=O)Nc1nc2ccc(-c3cnc4c(c3)N(C(=O)N3CCC[C@H]3c3ccc(F)cc3)CC43CC3)cc2s1. The van der Waals surface area contributed by atoms with Crippen LogP contribution in [0.3, 0.4) is 0 Å². The molecule has 2 aliphatic heterocycles. The largest absolute Gasteiger partial charge is 0.444 e. The van der Waals surface area contributed by atoms with Crippen molar-refractivity contribution in [1.82, 2.24) is 14.9 Å². The Kier molecular flexibility index (Phi) is 6.23. The number of halogens is 1. The number of likely N-dealkylation sites (tertiary alicyclic amines) is 1. The van der Waals surface area contributed by atoms with Crippen LogP contribution >= 0.6 is 11.3 Å². The van der Waals surface area contributed by atoms with Crippen LogP contribution in [-0.2, 0) is 10.2 Å². The van der Waals surface area contributed by atoms with Crippen LogP contribution in [0, 0.1) is 5.82 Å². The number of benzene rings is 2. The number of thiazole rings is 1. The number of hydrogen-bond acceptors (Lipinski definition) is 6. The van der Waals surface area contributed by atoms with E-state index < -0.39 is 11.7 Å². The van der Waals surface area contributed by atoms with Crippen molar-refractivity contribution < 1.29 is 18.7 Å². The molecule has 7 rings (SSSR count). The maximum Gasteiger partial charge on any atom is 0.413 e. The first-order valence-electron chi connectivity index (χ1n) is 14.3. The fourth-order valence-corrected chi connectivity index (χ4v) is 7.03. The third-order valence-electron chi connectivity index (χ3n) is 8.29. The second kappa shape index (κ2) is 9.76. The molecule has 0 unspecified atom stereocenters. The lowest BCUT2D eigenvalue weighted by Crippen LogP contribution is -2.43. The van der Waals surface area contributed by atoms with Crippen LogP contribution in [0.15, 0.2) is 54.7 Å². The van der Waals surface area contributed by atoms with Gasteiger partial charge in [0.05, 0.1) is 27.6 Å². The van der Waals surface area contributed by atoms with Gasteiger partial charge in [0.2, 0.25) is 0 Å². The van der Waals surface area contributed by atoms with E-state index in [1.807, 2.05) is 55.0 Å². The molecule has 1 N–H and O–H groups in total. The predicted octanol–water partition coefficient (Wildman–Crippen LogP) is 7.65. The van der Waals surface area contributed by atoms with E-state index in [0.717, 1.165) is 64.0 Å². The summed E-state index contributed by atoms with van der Waals surface area (Å²) >= 11 is 1.38. The van der Waals surface area contributed by atoms with Crippen molar-refractivity contribution in [2.24, 2.45) is 0 Å². The van der Waals surface area contributed by atoms with Crippen molar-refractivity contribution in [2.75, 3.05) is 23.3 Å².